The van der Waals surface area contributed by atoms with Crippen LogP contribution < -0.4 is 0 Å². The summed E-state index contributed by atoms with van der Waals surface area (Å²) in [5.74, 6) is 0. The first-order valence-electron chi connectivity index (χ1n) is 14.8. The van der Waals surface area contributed by atoms with Crippen molar-refractivity contribution in [1.29, 1.82) is 0 Å². The van der Waals surface area contributed by atoms with Crippen LogP contribution in [0.2, 0.25) is 0 Å². The molecule has 0 aromatic heterocycles. The van der Waals surface area contributed by atoms with E-state index in [0.29, 0.717) is 0 Å². The first-order chi connectivity index (χ1) is 16.2. The van der Waals surface area contributed by atoms with Crippen molar-refractivity contribution >= 4 is 7.26 Å². The van der Waals surface area contributed by atoms with E-state index < -0.39 is 7.26 Å². The van der Waals surface area contributed by atoms with E-state index in [-0.39, 0.29) is 0 Å². The van der Waals surface area contributed by atoms with Gasteiger partial charge in [0.1, 0.15) is 0 Å². The van der Waals surface area contributed by atoms with Crippen molar-refractivity contribution in [3.8, 4) is 0 Å². The molecule has 194 valence electrons. The molecule has 0 aliphatic rings. The molecule has 0 saturated carbocycles. The molecule has 33 heavy (non-hydrogen) atoms. The number of allylic oxidation sites excluding steroid dienone is 8. The summed E-state index contributed by atoms with van der Waals surface area (Å²) in [4.78, 5) is 0. The van der Waals surface area contributed by atoms with E-state index >= 15 is 0 Å². The van der Waals surface area contributed by atoms with Gasteiger partial charge in [0.05, 0.1) is 0 Å². The van der Waals surface area contributed by atoms with Gasteiger partial charge >= 0.3 is 211 Å². The molecule has 0 nitrogen and oxygen atoms in total. The maximum atomic E-state index is 2.47. The fraction of sp³-hybridized carbons (Fsp3) is 0.750. The summed E-state index contributed by atoms with van der Waals surface area (Å²) in [7, 11) is -1.21. The van der Waals surface area contributed by atoms with E-state index in [1.165, 1.54) is 103 Å². The quantitative estimate of drug-likeness (QED) is 0.0738. The second-order valence-corrected chi connectivity index (χ2v) is 15.1. The van der Waals surface area contributed by atoms with Crippen LogP contribution in [0.3, 0.4) is 0 Å². The zero-order chi connectivity index (χ0) is 24.3. The molecule has 0 radical (unpaired) electrons. The SMILES string of the molecule is CCCC=CCCC[PH](CCCC=CCCC)(CCCC=CCCC)CCCC=CCCC. The van der Waals surface area contributed by atoms with Crippen LogP contribution in [0.1, 0.15) is 130 Å². The number of rotatable bonds is 24. The normalized spacial score (nSPS) is 13.5. The first-order valence-corrected chi connectivity index (χ1v) is 17.7. The van der Waals surface area contributed by atoms with Crippen LogP contribution in [0.4, 0.5) is 0 Å². The second kappa shape index (κ2) is 26.0. The molecular weight excluding hydrogens is 415 g/mol. The van der Waals surface area contributed by atoms with Crippen LogP contribution in [-0.2, 0) is 0 Å². The summed E-state index contributed by atoms with van der Waals surface area (Å²) in [5.41, 5.74) is 0. The van der Waals surface area contributed by atoms with Gasteiger partial charge in [0.25, 0.3) is 0 Å². The summed E-state index contributed by atoms with van der Waals surface area (Å²) in [6, 6.07) is 0. The summed E-state index contributed by atoms with van der Waals surface area (Å²) < 4.78 is 0. The molecule has 0 aliphatic carbocycles. The minimum absolute atomic E-state index is 1.21. The van der Waals surface area contributed by atoms with Crippen LogP contribution in [0.25, 0.3) is 0 Å². The third-order valence-electron chi connectivity index (χ3n) is 6.80. The van der Waals surface area contributed by atoms with Gasteiger partial charge in [0.15, 0.2) is 0 Å². The Bertz CT molecular complexity index is 403. The van der Waals surface area contributed by atoms with Crippen molar-refractivity contribution in [3.05, 3.63) is 48.6 Å². The van der Waals surface area contributed by atoms with Crippen molar-refractivity contribution in [2.75, 3.05) is 24.6 Å². The molecule has 0 amide bonds. The summed E-state index contributed by atoms with van der Waals surface area (Å²) >= 11 is 0. The summed E-state index contributed by atoms with van der Waals surface area (Å²) in [5, 5.41) is 0. The predicted molar refractivity (Wildman–Crippen MR) is 161 cm³/mol. The maximum absolute atomic E-state index is 2.47. The Morgan fingerprint density at radius 1 is 0.333 bits per heavy atom. The van der Waals surface area contributed by atoms with Gasteiger partial charge in [-0.1, -0.05) is 0 Å². The molecule has 0 aromatic rings. The van der Waals surface area contributed by atoms with Gasteiger partial charge in [-0.2, -0.15) is 0 Å². The number of hydrogen-bond acceptors (Lipinski definition) is 0. The van der Waals surface area contributed by atoms with Gasteiger partial charge in [-0.25, -0.2) is 0 Å². The summed E-state index contributed by atoms with van der Waals surface area (Å²) in [6.07, 6.45) is 46.8. The van der Waals surface area contributed by atoms with Gasteiger partial charge < -0.3 is 0 Å². The number of unbranched alkanes of at least 4 members (excludes halogenated alkanes) is 8. The third kappa shape index (κ3) is 21.6. The van der Waals surface area contributed by atoms with Gasteiger partial charge in [0, 0.05) is 0 Å². The molecule has 0 aliphatic heterocycles. The van der Waals surface area contributed by atoms with Gasteiger partial charge in [-0.05, 0) is 0 Å². The zero-order valence-electron chi connectivity index (χ0n) is 23.3. The van der Waals surface area contributed by atoms with Crippen molar-refractivity contribution < 1.29 is 0 Å². The Morgan fingerprint density at radius 3 is 0.758 bits per heavy atom. The molecule has 0 atom stereocenters. The Morgan fingerprint density at radius 2 is 0.545 bits per heavy atom. The molecule has 0 heterocycles. The monoisotopic (exact) mass is 476 g/mol. The first kappa shape index (κ1) is 32.4. The van der Waals surface area contributed by atoms with E-state index in [1.807, 2.05) is 0 Å². The predicted octanol–water partition coefficient (Wildman–Crippen LogP) is 11.3. The fourth-order valence-corrected chi connectivity index (χ4v) is 10.1. The Balaban J connectivity index is 5.01. The van der Waals surface area contributed by atoms with E-state index in [1.54, 1.807) is 24.6 Å². The molecule has 0 aromatic carbocycles. The van der Waals surface area contributed by atoms with Crippen molar-refractivity contribution in [1.82, 2.24) is 0 Å². The van der Waals surface area contributed by atoms with Crippen LogP contribution in [0.15, 0.2) is 48.6 Å². The van der Waals surface area contributed by atoms with Crippen molar-refractivity contribution in [2.45, 2.75) is 130 Å². The average molecular weight is 477 g/mol. The average Bonchev–Trinajstić information content (AvgIpc) is 2.83. The number of hydrogen-bond donors (Lipinski definition) is 0. The molecule has 0 saturated heterocycles. The van der Waals surface area contributed by atoms with Crippen molar-refractivity contribution in [2.24, 2.45) is 0 Å². The van der Waals surface area contributed by atoms with E-state index in [2.05, 4.69) is 76.3 Å². The zero-order valence-corrected chi connectivity index (χ0v) is 24.3. The Labute approximate surface area is 210 Å². The molecule has 0 unspecified atom stereocenters. The molecule has 0 rings (SSSR count). The standard InChI is InChI=1S/C32H61P/c1-5-9-13-17-21-25-29-33(30-26-22-18-14-10-6-2,31-27-23-19-15-11-7-3)32-28-24-20-16-12-8-4/h13-20,33H,5-12,21-32H2,1-4H3. The second-order valence-electron chi connectivity index (χ2n) is 10.1. The van der Waals surface area contributed by atoms with Crippen LogP contribution in [-0.4, -0.2) is 24.6 Å². The fourth-order valence-electron chi connectivity index (χ4n) is 4.74. The summed E-state index contributed by atoms with van der Waals surface area (Å²) in [6.45, 7) is 9.12. The molecule has 0 spiro atoms. The van der Waals surface area contributed by atoms with Crippen LogP contribution >= 0.6 is 7.26 Å². The van der Waals surface area contributed by atoms with Gasteiger partial charge in [0.2, 0.25) is 0 Å². The molecule has 1 heteroatoms. The van der Waals surface area contributed by atoms with E-state index in [4.69, 9.17) is 0 Å². The van der Waals surface area contributed by atoms with E-state index in [0.717, 1.165) is 0 Å². The van der Waals surface area contributed by atoms with Crippen molar-refractivity contribution in [3.63, 3.8) is 0 Å². The molecule has 0 bridgehead atoms. The Kier molecular flexibility index (Phi) is 25.5. The molecule has 0 fully saturated rings. The minimum atomic E-state index is -1.21. The van der Waals surface area contributed by atoms with Gasteiger partial charge in [-0.3, -0.25) is 0 Å². The third-order valence-corrected chi connectivity index (χ3v) is 12.5. The van der Waals surface area contributed by atoms with Crippen LogP contribution in [0.5, 0.6) is 0 Å². The topological polar surface area (TPSA) is 0 Å². The van der Waals surface area contributed by atoms with E-state index in [9.17, 15) is 0 Å². The molecular formula is C32H61P. The van der Waals surface area contributed by atoms with Gasteiger partial charge in [-0.15, -0.1) is 0 Å². The van der Waals surface area contributed by atoms with Crippen LogP contribution in [0, 0.1) is 0 Å². The Hall–Kier alpha value is -0.610. The molecule has 0 N–H and O–H groups in total.